The summed E-state index contributed by atoms with van der Waals surface area (Å²) in [5.41, 5.74) is 0. The molecule has 0 saturated heterocycles. The van der Waals surface area contributed by atoms with Crippen LogP contribution < -0.4 is 5.32 Å². The van der Waals surface area contributed by atoms with Crippen LogP contribution in [-0.2, 0) is 4.79 Å². The molecule has 0 aliphatic carbocycles. The molecule has 0 aromatic rings. The van der Waals surface area contributed by atoms with Gasteiger partial charge in [-0.25, -0.2) is 0 Å². The van der Waals surface area contributed by atoms with Gasteiger partial charge in [0.15, 0.2) is 0 Å². The average molecular weight is 112 g/mol. The van der Waals surface area contributed by atoms with Crippen LogP contribution in [-0.4, -0.2) is 18.3 Å². The summed E-state index contributed by atoms with van der Waals surface area (Å²) < 4.78 is 0. The van der Waals surface area contributed by atoms with E-state index in [1.807, 2.05) is 6.92 Å². The summed E-state index contributed by atoms with van der Waals surface area (Å²) in [7, 11) is 0. The molecule has 1 rings (SSSR count). The Morgan fingerprint density at radius 3 is 3.00 bits per heavy atom. The molecule has 8 heavy (non-hydrogen) atoms. The molecule has 1 amide bonds. The second-order valence-corrected chi connectivity index (χ2v) is 1.71. The van der Waals surface area contributed by atoms with Crippen LogP contribution >= 0.6 is 0 Å². The molecule has 0 fully saturated rings. The highest BCUT2D eigenvalue weighted by molar-refractivity contribution is 6.27. The summed E-state index contributed by atoms with van der Waals surface area (Å²) in [6, 6.07) is 0. The minimum atomic E-state index is -0.0724. The summed E-state index contributed by atoms with van der Waals surface area (Å²) >= 11 is 0. The van der Waals surface area contributed by atoms with E-state index in [9.17, 15) is 4.79 Å². The minimum Gasteiger partial charge on any atom is -0.329 e. The summed E-state index contributed by atoms with van der Waals surface area (Å²) in [4.78, 5) is 14.2. The van der Waals surface area contributed by atoms with E-state index in [1.54, 1.807) is 0 Å². The molecule has 0 spiro atoms. The van der Waals surface area contributed by atoms with Crippen LogP contribution in [0.25, 0.3) is 0 Å². The van der Waals surface area contributed by atoms with Gasteiger partial charge < -0.3 is 5.32 Å². The fourth-order valence-electron chi connectivity index (χ4n) is 0.604. The molecular weight excluding hydrogens is 104 g/mol. The number of rotatable bonds is 1. The van der Waals surface area contributed by atoms with Gasteiger partial charge in [-0.1, -0.05) is 6.92 Å². The molecule has 1 N–H and O–H groups in total. The lowest BCUT2D eigenvalue weighted by Gasteiger charge is -2.00. The molecule has 1 unspecified atom stereocenters. The van der Waals surface area contributed by atoms with Crippen molar-refractivity contribution in [3.8, 4) is 0 Å². The lowest BCUT2D eigenvalue weighted by molar-refractivity contribution is -0.114. The molecule has 1 heterocycles. The monoisotopic (exact) mass is 112 g/mol. The number of hydrogen-bond donors (Lipinski definition) is 1. The van der Waals surface area contributed by atoms with Gasteiger partial charge in [-0.2, -0.15) is 0 Å². The first kappa shape index (κ1) is 5.28. The second kappa shape index (κ2) is 1.94. The third-order valence-electron chi connectivity index (χ3n) is 1.07. The number of nitrogens with one attached hydrogen (secondary N) is 1. The number of aliphatic imine (C=N–C) groups is 1. The lowest BCUT2D eigenvalue weighted by Crippen LogP contribution is -2.25. The zero-order valence-corrected chi connectivity index (χ0v) is 4.72. The summed E-state index contributed by atoms with van der Waals surface area (Å²) in [5.74, 6) is -0.0724. The minimum absolute atomic E-state index is 0.0440. The zero-order valence-electron chi connectivity index (χ0n) is 4.72. The van der Waals surface area contributed by atoms with Crippen molar-refractivity contribution in [3.63, 3.8) is 0 Å². The Morgan fingerprint density at radius 1 is 2.00 bits per heavy atom. The molecular formula is C5H8N2O. The van der Waals surface area contributed by atoms with Gasteiger partial charge in [0.2, 0.25) is 0 Å². The van der Waals surface area contributed by atoms with E-state index in [0.29, 0.717) is 0 Å². The van der Waals surface area contributed by atoms with E-state index in [4.69, 9.17) is 0 Å². The quantitative estimate of drug-likeness (QED) is 0.506. The third kappa shape index (κ3) is 0.857. The second-order valence-electron chi connectivity index (χ2n) is 1.71. The number of carbonyl (C=O) groups excluding carboxylic acids is 1. The first-order valence-electron chi connectivity index (χ1n) is 2.66. The van der Waals surface area contributed by atoms with Gasteiger partial charge in [0.1, 0.15) is 6.17 Å². The highest BCUT2D eigenvalue weighted by Gasteiger charge is 2.11. The Labute approximate surface area is 47.8 Å². The van der Waals surface area contributed by atoms with Crippen LogP contribution in [0.2, 0.25) is 0 Å². The van der Waals surface area contributed by atoms with Crippen LogP contribution in [0, 0.1) is 0 Å². The topological polar surface area (TPSA) is 41.5 Å². The molecule has 44 valence electrons. The number of carbonyl (C=O) groups is 1. The van der Waals surface area contributed by atoms with Crippen molar-refractivity contribution in [2.75, 3.05) is 0 Å². The van der Waals surface area contributed by atoms with Gasteiger partial charge in [-0.05, 0) is 6.42 Å². The maximum absolute atomic E-state index is 10.4. The van der Waals surface area contributed by atoms with Crippen LogP contribution in [0.4, 0.5) is 0 Å². The van der Waals surface area contributed by atoms with Crippen molar-refractivity contribution in [2.24, 2.45) is 4.99 Å². The van der Waals surface area contributed by atoms with Crippen LogP contribution in [0.5, 0.6) is 0 Å². The van der Waals surface area contributed by atoms with Crippen molar-refractivity contribution >= 4 is 12.1 Å². The van der Waals surface area contributed by atoms with E-state index in [-0.39, 0.29) is 12.1 Å². The first-order chi connectivity index (χ1) is 3.83. The Morgan fingerprint density at radius 2 is 2.75 bits per heavy atom. The standard InChI is InChI=1S/C5H8N2O/c1-2-4-6-3-5(8)7-4/h3-4H,2H2,1H3,(H,7,8). The smallest absolute Gasteiger partial charge is 0.263 e. The molecule has 0 bridgehead atoms. The van der Waals surface area contributed by atoms with Crippen molar-refractivity contribution in [2.45, 2.75) is 19.5 Å². The summed E-state index contributed by atoms with van der Waals surface area (Å²) in [6.07, 6.45) is 2.25. The molecule has 3 nitrogen and oxygen atoms in total. The van der Waals surface area contributed by atoms with Gasteiger partial charge in [-0.15, -0.1) is 0 Å². The van der Waals surface area contributed by atoms with E-state index >= 15 is 0 Å². The SMILES string of the molecule is CCC1N=CC(=O)N1. The molecule has 0 radical (unpaired) electrons. The predicted octanol–water partition coefficient (Wildman–Crippen LogP) is -0.0769. The summed E-state index contributed by atoms with van der Waals surface area (Å²) in [6.45, 7) is 1.98. The van der Waals surface area contributed by atoms with Crippen molar-refractivity contribution in [1.82, 2.24) is 5.32 Å². The fourth-order valence-corrected chi connectivity index (χ4v) is 0.604. The van der Waals surface area contributed by atoms with E-state index in [0.717, 1.165) is 6.42 Å². The zero-order chi connectivity index (χ0) is 5.98. The van der Waals surface area contributed by atoms with Crippen molar-refractivity contribution in [3.05, 3.63) is 0 Å². The van der Waals surface area contributed by atoms with Gasteiger partial charge in [0.05, 0.1) is 6.21 Å². The molecule has 1 aliphatic heterocycles. The number of hydrogen-bond acceptors (Lipinski definition) is 2. The molecule has 1 aliphatic rings. The highest BCUT2D eigenvalue weighted by atomic mass is 16.2. The van der Waals surface area contributed by atoms with Gasteiger partial charge in [0.25, 0.3) is 5.91 Å². The predicted molar refractivity (Wildman–Crippen MR) is 30.7 cm³/mol. The maximum atomic E-state index is 10.4. The Kier molecular flexibility index (Phi) is 1.28. The van der Waals surface area contributed by atoms with Gasteiger partial charge in [-0.3, -0.25) is 9.79 Å². The normalized spacial score (nSPS) is 26.1. The van der Waals surface area contributed by atoms with Crippen LogP contribution in [0.1, 0.15) is 13.3 Å². The average Bonchev–Trinajstić information content (AvgIpc) is 2.14. The molecule has 0 saturated carbocycles. The number of nitrogens with zero attached hydrogens (tertiary/aromatic N) is 1. The first-order valence-corrected chi connectivity index (χ1v) is 2.66. The largest absolute Gasteiger partial charge is 0.329 e. The van der Waals surface area contributed by atoms with E-state index < -0.39 is 0 Å². The lowest BCUT2D eigenvalue weighted by atomic mass is 10.4. The van der Waals surface area contributed by atoms with Crippen LogP contribution in [0.15, 0.2) is 4.99 Å². The Hall–Kier alpha value is -0.860. The molecule has 1 atom stereocenters. The van der Waals surface area contributed by atoms with Gasteiger partial charge in [0, 0.05) is 0 Å². The van der Waals surface area contributed by atoms with E-state index in [2.05, 4.69) is 10.3 Å². The fraction of sp³-hybridized carbons (Fsp3) is 0.600. The third-order valence-corrected chi connectivity index (χ3v) is 1.07. The molecule has 0 aromatic carbocycles. The highest BCUT2D eigenvalue weighted by Crippen LogP contribution is 1.95. The van der Waals surface area contributed by atoms with E-state index in [1.165, 1.54) is 6.21 Å². The van der Waals surface area contributed by atoms with Crippen LogP contribution in [0.3, 0.4) is 0 Å². The number of amides is 1. The molecule has 3 heteroatoms. The molecule has 0 aromatic heterocycles. The van der Waals surface area contributed by atoms with Crippen molar-refractivity contribution < 1.29 is 4.79 Å². The van der Waals surface area contributed by atoms with Gasteiger partial charge >= 0.3 is 0 Å². The summed E-state index contributed by atoms with van der Waals surface area (Å²) in [5, 5.41) is 2.64. The van der Waals surface area contributed by atoms with Crippen molar-refractivity contribution in [1.29, 1.82) is 0 Å². The Bertz CT molecular complexity index is 130. The maximum Gasteiger partial charge on any atom is 0.263 e. The Balaban J connectivity index is 2.46.